The molecule has 0 aromatic carbocycles. The number of nitrogens with two attached hydrogens (primary N) is 1. The van der Waals surface area contributed by atoms with E-state index in [9.17, 15) is 19.2 Å². The van der Waals surface area contributed by atoms with Gasteiger partial charge in [0, 0.05) is 44.7 Å². The first-order valence-corrected chi connectivity index (χ1v) is 12.1. The van der Waals surface area contributed by atoms with E-state index in [4.69, 9.17) is 16.0 Å². The first-order chi connectivity index (χ1) is 19.7. The maximum absolute atomic E-state index is 11.7. The van der Waals surface area contributed by atoms with Crippen LogP contribution in [0.15, 0.2) is 0 Å². The van der Waals surface area contributed by atoms with E-state index in [1.807, 2.05) is 5.32 Å². The summed E-state index contributed by atoms with van der Waals surface area (Å²) in [6.45, 7) is 7.19. The number of amides is 4. The van der Waals surface area contributed by atoms with E-state index < -0.39 is 0 Å². The predicted molar refractivity (Wildman–Crippen MR) is 177 cm³/mol. The van der Waals surface area contributed by atoms with Gasteiger partial charge in [-0.3, -0.25) is 29.0 Å². The third-order valence-corrected chi connectivity index (χ3v) is 5.00. The Labute approximate surface area is 262 Å². The minimum Gasteiger partial charge on any atom is -1.00 e. The normalized spacial score (nSPS) is 15.3. The standard InChI is InChI=1S/C17H4.C14H21N3O4.CO2.14H2.H/c1-3-5-7-9-11-13-15-17-16-14-12-10-8-6-4-2;1-9-7-11(18)16(13(9)20)5-3-15-4-6-17-12(19)8-10(2)14(17)21;2-1-3;;;;;;;;;;;;;;;/h1H,2H3;9-10,15H,3-8H2,1-2H3;;14*1H;/q;;;;;;;;;;;;;;;;;-1/p+1. The van der Waals surface area contributed by atoms with E-state index >= 15 is 0 Å². The van der Waals surface area contributed by atoms with Crippen LogP contribution in [0.1, 0.15) is 55.0 Å². The van der Waals surface area contributed by atoms with E-state index in [-0.39, 0.29) is 63.0 Å². The van der Waals surface area contributed by atoms with Gasteiger partial charge in [-0.25, -0.2) is 0 Å². The first kappa shape index (κ1) is 35.1. The molecule has 0 aromatic heterocycles. The second-order valence-corrected chi connectivity index (χ2v) is 7.95. The van der Waals surface area contributed by atoms with Crippen molar-refractivity contribution < 1.29 is 55.5 Å². The Hall–Kier alpha value is -5.90. The molecule has 0 spiro atoms. The van der Waals surface area contributed by atoms with Crippen LogP contribution in [0.25, 0.3) is 0 Å². The maximum atomic E-state index is 11.7. The summed E-state index contributed by atoms with van der Waals surface area (Å²) in [4.78, 5) is 65.4. The second-order valence-electron chi connectivity index (χ2n) is 7.95. The molecule has 0 bridgehead atoms. The number of hydrogen-bond acceptors (Lipinski definition) is 6. The zero-order chi connectivity index (χ0) is 30.9. The second kappa shape index (κ2) is 22.1. The van der Waals surface area contributed by atoms with Crippen molar-refractivity contribution >= 4 is 29.8 Å². The third kappa shape index (κ3) is 15.2. The molecular formula is C32H55N3O6. The predicted octanol–water partition coefficient (Wildman–Crippen LogP) is 1.98. The van der Waals surface area contributed by atoms with Gasteiger partial charge in [0.05, 0.1) is 26.2 Å². The van der Waals surface area contributed by atoms with Crippen LogP contribution in [-0.2, 0) is 28.8 Å². The quantitative estimate of drug-likeness (QED) is 0.292. The SMILES string of the molecule is C#CC#CC#CC#CC#CC#CC#CC#CC.CC1CC(=O)N(CC[NH2+]CCN2C(=O)CC(C)C2=O)C1=O.O=C=O.[H-].[HH].[HH].[HH].[HH].[HH].[HH].[HH].[HH].[HH].[HH].[HH].[HH].[HH].[HH]. The molecule has 2 rings (SSSR count). The van der Waals surface area contributed by atoms with Gasteiger partial charge < -0.3 is 6.74 Å². The molecule has 4 amide bonds. The number of carbonyl (C=O) groups is 4. The van der Waals surface area contributed by atoms with Gasteiger partial charge in [0.25, 0.3) is 0 Å². The Morgan fingerprint density at radius 3 is 1.29 bits per heavy atom. The zero-order valence-corrected chi connectivity index (χ0v) is 22.9. The number of terminal acetylenes is 1. The molecule has 2 atom stereocenters. The van der Waals surface area contributed by atoms with Crippen molar-refractivity contribution in [2.24, 2.45) is 11.8 Å². The summed E-state index contributed by atoms with van der Waals surface area (Å²) >= 11 is 0. The molecule has 2 aliphatic rings. The third-order valence-electron chi connectivity index (χ3n) is 5.00. The molecule has 2 unspecified atom stereocenters. The Morgan fingerprint density at radius 2 is 1.02 bits per heavy atom. The average molecular weight is 578 g/mol. The molecule has 234 valence electrons. The lowest BCUT2D eigenvalue weighted by Crippen LogP contribution is -2.87. The number of nitrogens with zero attached hydrogens (tertiary/aromatic N) is 2. The number of quaternary nitrogens is 1. The van der Waals surface area contributed by atoms with Gasteiger partial charge >= 0.3 is 6.15 Å². The Bertz CT molecular complexity index is 1530. The summed E-state index contributed by atoms with van der Waals surface area (Å²) in [5.74, 6) is 36.1. The summed E-state index contributed by atoms with van der Waals surface area (Å²) in [6, 6.07) is 0. The fraction of sp³-hybridized carbons (Fsp3) is 0.344. The van der Waals surface area contributed by atoms with Crippen LogP contribution >= 0.6 is 0 Å². The van der Waals surface area contributed by atoms with E-state index in [1.54, 1.807) is 20.8 Å². The monoisotopic (exact) mass is 577 g/mol. The van der Waals surface area contributed by atoms with Gasteiger partial charge in [0.1, 0.15) is 0 Å². The zero-order valence-electron chi connectivity index (χ0n) is 23.9. The highest BCUT2D eigenvalue weighted by Crippen LogP contribution is 2.18. The summed E-state index contributed by atoms with van der Waals surface area (Å²) < 4.78 is 0. The van der Waals surface area contributed by atoms with Gasteiger partial charge in [-0.05, 0) is 89.8 Å². The van der Waals surface area contributed by atoms with Crippen LogP contribution in [0.4, 0.5) is 0 Å². The highest BCUT2D eigenvalue weighted by atomic mass is 16.2. The number of rotatable bonds is 6. The molecule has 0 aliphatic carbocycles. The van der Waals surface area contributed by atoms with Crippen molar-refractivity contribution in [3.63, 3.8) is 0 Å². The topological polar surface area (TPSA) is 126 Å². The summed E-state index contributed by atoms with van der Waals surface area (Å²) in [7, 11) is 0. The van der Waals surface area contributed by atoms with Crippen molar-refractivity contribution in [2.45, 2.75) is 33.6 Å². The summed E-state index contributed by atoms with van der Waals surface area (Å²) in [5, 5.41) is 1.92. The van der Waals surface area contributed by atoms with Crippen LogP contribution in [0.2, 0.25) is 0 Å². The maximum Gasteiger partial charge on any atom is 0.373 e. The highest BCUT2D eigenvalue weighted by molar-refractivity contribution is 6.03. The fourth-order valence-electron chi connectivity index (χ4n) is 3.19. The van der Waals surface area contributed by atoms with Crippen LogP contribution in [0, 0.1) is 107 Å². The van der Waals surface area contributed by atoms with Gasteiger partial charge in [0.15, 0.2) is 0 Å². The van der Waals surface area contributed by atoms with Gasteiger partial charge in [-0.15, -0.1) is 6.42 Å². The molecule has 41 heavy (non-hydrogen) atoms. The van der Waals surface area contributed by atoms with E-state index in [1.165, 1.54) is 9.80 Å². The molecular weight excluding hydrogens is 522 g/mol. The van der Waals surface area contributed by atoms with E-state index in [0.29, 0.717) is 39.0 Å². The minimum atomic E-state index is -0.209. The van der Waals surface area contributed by atoms with Crippen molar-refractivity contribution in [1.82, 2.24) is 9.80 Å². The van der Waals surface area contributed by atoms with Crippen LogP contribution in [-0.4, -0.2) is 65.8 Å². The lowest BCUT2D eigenvalue weighted by Gasteiger charge is -2.15. The van der Waals surface area contributed by atoms with Gasteiger partial charge in [-0.2, -0.15) is 9.59 Å². The highest BCUT2D eigenvalue weighted by Gasteiger charge is 2.36. The smallest absolute Gasteiger partial charge is 0.373 e. The number of imide groups is 2. The van der Waals surface area contributed by atoms with Crippen LogP contribution in [0.3, 0.4) is 0 Å². The van der Waals surface area contributed by atoms with Gasteiger partial charge in [0.2, 0.25) is 23.6 Å². The lowest BCUT2D eigenvalue weighted by molar-refractivity contribution is -0.653. The molecule has 0 saturated carbocycles. The Balaban J connectivity index is -0.0000000308. The van der Waals surface area contributed by atoms with E-state index in [0.717, 1.165) is 0 Å². The summed E-state index contributed by atoms with van der Waals surface area (Å²) in [5.41, 5.74) is 0. The molecule has 2 heterocycles. The molecule has 9 nitrogen and oxygen atoms in total. The van der Waals surface area contributed by atoms with E-state index in [2.05, 4.69) is 88.8 Å². The summed E-state index contributed by atoms with van der Waals surface area (Å²) in [6.07, 6.45) is 5.73. The fourth-order valence-corrected chi connectivity index (χ4v) is 3.19. The molecule has 0 aromatic rings. The van der Waals surface area contributed by atoms with Crippen molar-refractivity contribution in [3.8, 4) is 95.2 Å². The molecule has 2 aliphatic heterocycles. The van der Waals surface area contributed by atoms with Crippen LogP contribution in [0.5, 0.6) is 0 Å². The molecule has 2 fully saturated rings. The number of carbonyl (C=O) groups excluding carboxylic acids is 6. The number of hydrogen-bond donors (Lipinski definition) is 1. The first-order valence-electron chi connectivity index (χ1n) is 12.1. The molecule has 0 radical (unpaired) electrons. The molecule has 9 heteroatoms. The lowest BCUT2D eigenvalue weighted by atomic mass is 10.1. The Kier molecular flexibility index (Phi) is 18.9. The van der Waals surface area contributed by atoms with Crippen molar-refractivity contribution in [3.05, 3.63) is 0 Å². The Morgan fingerprint density at radius 1 is 0.707 bits per heavy atom. The largest absolute Gasteiger partial charge is 1.00 e. The molecule has 2 N–H and O–H groups in total. The minimum absolute atomic E-state index is 0. The van der Waals surface area contributed by atoms with Gasteiger partial charge in [-0.1, -0.05) is 19.8 Å². The van der Waals surface area contributed by atoms with Crippen molar-refractivity contribution in [1.29, 1.82) is 0 Å². The van der Waals surface area contributed by atoms with Crippen molar-refractivity contribution in [2.75, 3.05) is 26.2 Å². The average Bonchev–Trinajstić information content (AvgIpc) is 3.33. The number of likely N-dealkylation sites (tertiary alicyclic amines) is 2. The van der Waals surface area contributed by atoms with Crippen LogP contribution < -0.4 is 5.32 Å². The molecule has 2 saturated heterocycles.